The van der Waals surface area contributed by atoms with Gasteiger partial charge in [0, 0.05) is 29.3 Å². The fourth-order valence-electron chi connectivity index (χ4n) is 3.02. The Balaban J connectivity index is 1.93. The summed E-state index contributed by atoms with van der Waals surface area (Å²) >= 11 is 3.43. The van der Waals surface area contributed by atoms with Gasteiger partial charge in [0.15, 0.2) is 0 Å². The van der Waals surface area contributed by atoms with Crippen molar-refractivity contribution in [2.75, 3.05) is 6.61 Å². The third-order valence-corrected chi connectivity index (χ3v) is 4.34. The van der Waals surface area contributed by atoms with Crippen molar-refractivity contribution in [3.63, 3.8) is 0 Å². The molecule has 1 N–H and O–H groups in total. The number of hydrogen-bond donors (Lipinski definition) is 1. The van der Waals surface area contributed by atoms with Crippen molar-refractivity contribution in [2.45, 2.75) is 44.0 Å². The van der Waals surface area contributed by atoms with Crippen LogP contribution in [0.25, 0.3) is 0 Å². The first-order chi connectivity index (χ1) is 8.58. The van der Waals surface area contributed by atoms with E-state index in [1.807, 2.05) is 18.2 Å². The van der Waals surface area contributed by atoms with Crippen molar-refractivity contribution >= 4 is 15.9 Å². The molecule has 0 bridgehead atoms. The Hall–Kier alpha value is -0.580. The van der Waals surface area contributed by atoms with E-state index in [9.17, 15) is 5.11 Å². The summed E-state index contributed by atoms with van der Waals surface area (Å²) in [4.78, 5) is 0. The van der Waals surface area contributed by atoms with Gasteiger partial charge in [-0.05, 0) is 25.1 Å². The molecule has 2 aliphatic rings. The van der Waals surface area contributed by atoms with E-state index < -0.39 is 6.10 Å². The highest BCUT2D eigenvalue weighted by molar-refractivity contribution is 9.10. The number of aliphatic hydroxyl groups excluding tert-OH is 1. The normalized spacial score (nSPS) is 35.1. The quantitative estimate of drug-likeness (QED) is 0.799. The summed E-state index contributed by atoms with van der Waals surface area (Å²) < 4.78 is 12.7. The number of halogens is 1. The van der Waals surface area contributed by atoms with Crippen LogP contribution in [0, 0.1) is 0 Å². The maximum absolute atomic E-state index is 10.3. The molecular formula is C14H17BrO3. The van der Waals surface area contributed by atoms with Crippen molar-refractivity contribution in [2.24, 2.45) is 0 Å². The van der Waals surface area contributed by atoms with Gasteiger partial charge in [-0.3, -0.25) is 0 Å². The van der Waals surface area contributed by atoms with Gasteiger partial charge in [0.25, 0.3) is 0 Å². The fraction of sp³-hybridized carbons (Fsp3) is 0.571. The van der Waals surface area contributed by atoms with E-state index in [4.69, 9.17) is 9.47 Å². The largest absolute Gasteiger partial charge is 0.487 e. The predicted molar refractivity (Wildman–Crippen MR) is 71.7 cm³/mol. The lowest BCUT2D eigenvalue weighted by atomic mass is 9.81. The second kappa shape index (κ2) is 4.51. The first kappa shape index (κ1) is 12.5. The number of fused-ring (bicyclic) bond motifs is 1. The van der Waals surface area contributed by atoms with Gasteiger partial charge in [0.1, 0.15) is 11.4 Å². The van der Waals surface area contributed by atoms with E-state index in [1.165, 1.54) is 0 Å². The van der Waals surface area contributed by atoms with Crippen LogP contribution in [-0.2, 0) is 4.74 Å². The number of hydrogen-bond acceptors (Lipinski definition) is 3. The van der Waals surface area contributed by atoms with Gasteiger partial charge in [-0.2, -0.15) is 0 Å². The lowest BCUT2D eigenvalue weighted by molar-refractivity contribution is -0.111. The van der Waals surface area contributed by atoms with Crippen LogP contribution in [0.4, 0.5) is 0 Å². The SMILES string of the molecule is CC1CC2(CCO1)C[C@@H](O)c1cc(Br)ccc1O2. The lowest BCUT2D eigenvalue weighted by Gasteiger charge is -2.44. The van der Waals surface area contributed by atoms with Gasteiger partial charge in [-0.25, -0.2) is 0 Å². The van der Waals surface area contributed by atoms with Crippen molar-refractivity contribution < 1.29 is 14.6 Å². The Morgan fingerprint density at radius 1 is 1.39 bits per heavy atom. The van der Waals surface area contributed by atoms with Crippen LogP contribution in [0.5, 0.6) is 5.75 Å². The number of aliphatic hydroxyl groups is 1. The summed E-state index contributed by atoms with van der Waals surface area (Å²) in [6, 6.07) is 5.83. The first-order valence-electron chi connectivity index (χ1n) is 6.36. The summed E-state index contributed by atoms with van der Waals surface area (Å²) in [7, 11) is 0. The minimum absolute atomic E-state index is 0.197. The van der Waals surface area contributed by atoms with Crippen molar-refractivity contribution in [1.29, 1.82) is 0 Å². The predicted octanol–water partition coefficient (Wildman–Crippen LogP) is 3.20. The maximum atomic E-state index is 10.3. The van der Waals surface area contributed by atoms with Gasteiger partial charge in [-0.1, -0.05) is 15.9 Å². The average Bonchev–Trinajstić information content (AvgIpc) is 2.30. The summed E-state index contributed by atoms with van der Waals surface area (Å²) in [5, 5.41) is 10.3. The maximum Gasteiger partial charge on any atom is 0.126 e. The summed E-state index contributed by atoms with van der Waals surface area (Å²) in [6.45, 7) is 2.77. The zero-order valence-corrected chi connectivity index (χ0v) is 11.9. The molecule has 0 aliphatic carbocycles. The Kier molecular flexibility index (Phi) is 3.12. The van der Waals surface area contributed by atoms with E-state index in [2.05, 4.69) is 22.9 Å². The zero-order valence-electron chi connectivity index (χ0n) is 10.4. The number of rotatable bonds is 0. The molecule has 2 heterocycles. The van der Waals surface area contributed by atoms with E-state index in [0.717, 1.165) is 28.6 Å². The average molecular weight is 313 g/mol. The standard InChI is InChI=1S/C14H17BrO3/c1-9-7-14(4-5-17-9)8-12(16)11-6-10(15)2-3-13(11)18-14/h2-3,6,9,12,16H,4-5,7-8H2,1H3/t9?,12-,14?/m1/s1. The van der Waals surface area contributed by atoms with Crippen molar-refractivity contribution in [1.82, 2.24) is 0 Å². The minimum Gasteiger partial charge on any atom is -0.487 e. The van der Waals surface area contributed by atoms with Crippen LogP contribution in [0.15, 0.2) is 22.7 Å². The molecule has 1 aromatic carbocycles. The molecule has 18 heavy (non-hydrogen) atoms. The molecule has 0 aromatic heterocycles. The molecule has 0 saturated carbocycles. The Bertz CT molecular complexity index is 462. The van der Waals surface area contributed by atoms with Crippen molar-refractivity contribution in [3.05, 3.63) is 28.2 Å². The lowest BCUT2D eigenvalue weighted by Crippen LogP contribution is -2.47. The molecular weight excluding hydrogens is 296 g/mol. The van der Waals surface area contributed by atoms with Gasteiger partial charge in [-0.15, -0.1) is 0 Å². The zero-order chi connectivity index (χ0) is 12.8. The van der Waals surface area contributed by atoms with Crippen LogP contribution >= 0.6 is 15.9 Å². The highest BCUT2D eigenvalue weighted by atomic mass is 79.9. The Morgan fingerprint density at radius 2 is 2.22 bits per heavy atom. The molecule has 1 saturated heterocycles. The molecule has 0 radical (unpaired) electrons. The molecule has 2 aliphatic heterocycles. The summed E-state index contributed by atoms with van der Waals surface area (Å²) in [6.07, 6.45) is 2.10. The van der Waals surface area contributed by atoms with Gasteiger partial charge in [0.05, 0.1) is 18.8 Å². The van der Waals surface area contributed by atoms with Gasteiger partial charge in [0.2, 0.25) is 0 Å². The number of ether oxygens (including phenoxy) is 2. The van der Waals surface area contributed by atoms with Gasteiger partial charge < -0.3 is 14.6 Å². The van der Waals surface area contributed by atoms with Crippen LogP contribution in [0.3, 0.4) is 0 Å². The molecule has 1 aromatic rings. The monoisotopic (exact) mass is 312 g/mol. The Morgan fingerprint density at radius 3 is 3.00 bits per heavy atom. The van der Waals surface area contributed by atoms with Crippen LogP contribution in [0.1, 0.15) is 37.9 Å². The smallest absolute Gasteiger partial charge is 0.126 e. The molecule has 3 atom stereocenters. The molecule has 98 valence electrons. The molecule has 1 fully saturated rings. The van der Waals surface area contributed by atoms with E-state index >= 15 is 0 Å². The van der Waals surface area contributed by atoms with Crippen LogP contribution in [0.2, 0.25) is 0 Å². The van der Waals surface area contributed by atoms with Crippen LogP contribution < -0.4 is 4.74 Å². The minimum atomic E-state index is -0.448. The third kappa shape index (κ3) is 2.17. The molecule has 4 heteroatoms. The van der Waals surface area contributed by atoms with Gasteiger partial charge >= 0.3 is 0 Å². The van der Waals surface area contributed by atoms with Crippen molar-refractivity contribution in [3.8, 4) is 5.75 Å². The summed E-state index contributed by atoms with van der Waals surface area (Å²) in [5.41, 5.74) is 0.631. The molecule has 1 spiro atoms. The molecule has 0 amide bonds. The molecule has 2 unspecified atom stereocenters. The number of benzene rings is 1. The second-order valence-corrected chi connectivity index (χ2v) is 6.24. The highest BCUT2D eigenvalue weighted by Crippen LogP contribution is 2.45. The molecule has 3 rings (SSSR count). The van der Waals surface area contributed by atoms with E-state index in [0.29, 0.717) is 13.0 Å². The van der Waals surface area contributed by atoms with E-state index in [-0.39, 0.29) is 11.7 Å². The fourth-order valence-corrected chi connectivity index (χ4v) is 3.40. The highest BCUT2D eigenvalue weighted by Gasteiger charge is 2.43. The second-order valence-electron chi connectivity index (χ2n) is 5.32. The Labute approximate surface area is 115 Å². The third-order valence-electron chi connectivity index (χ3n) is 3.84. The van der Waals surface area contributed by atoms with Crippen LogP contribution in [-0.4, -0.2) is 23.4 Å². The summed E-state index contributed by atoms with van der Waals surface area (Å²) in [5.74, 6) is 0.811. The first-order valence-corrected chi connectivity index (χ1v) is 7.15. The topological polar surface area (TPSA) is 38.7 Å². The van der Waals surface area contributed by atoms with E-state index in [1.54, 1.807) is 0 Å². The molecule has 3 nitrogen and oxygen atoms in total.